The van der Waals surface area contributed by atoms with Crippen LogP contribution >= 0.6 is 0 Å². The zero-order chi connectivity index (χ0) is 15.8. The number of carbonyl (C=O) groups excluding carboxylic acids is 2. The third-order valence-corrected chi connectivity index (χ3v) is 3.02. The molecule has 0 radical (unpaired) electrons. The molecule has 0 heterocycles. The summed E-state index contributed by atoms with van der Waals surface area (Å²) in [4.78, 5) is 26.8. The van der Waals surface area contributed by atoms with Crippen molar-refractivity contribution >= 4 is 23.2 Å². The van der Waals surface area contributed by atoms with Crippen LogP contribution in [0, 0.1) is 0 Å². The third-order valence-electron chi connectivity index (χ3n) is 3.02. The molecule has 0 bridgehead atoms. The van der Waals surface area contributed by atoms with Gasteiger partial charge in [-0.25, -0.2) is 0 Å². The SMILES string of the molecule is CN(CCCC(=O)Nc1cccc(N)c1)CC(=O)N(C)C. The van der Waals surface area contributed by atoms with Gasteiger partial charge in [0.05, 0.1) is 6.54 Å². The Hall–Kier alpha value is -2.08. The molecule has 2 amide bonds. The Labute approximate surface area is 125 Å². The van der Waals surface area contributed by atoms with Gasteiger partial charge in [0.1, 0.15) is 0 Å². The fourth-order valence-electron chi connectivity index (χ4n) is 1.80. The first kappa shape index (κ1) is 17.0. The molecule has 1 rings (SSSR count). The Morgan fingerprint density at radius 2 is 1.95 bits per heavy atom. The van der Waals surface area contributed by atoms with E-state index in [0.717, 1.165) is 0 Å². The van der Waals surface area contributed by atoms with Gasteiger partial charge in [0.2, 0.25) is 11.8 Å². The summed E-state index contributed by atoms with van der Waals surface area (Å²) in [5, 5.41) is 2.80. The van der Waals surface area contributed by atoms with Crippen LogP contribution in [0.1, 0.15) is 12.8 Å². The van der Waals surface area contributed by atoms with Crippen molar-refractivity contribution in [3.8, 4) is 0 Å². The topological polar surface area (TPSA) is 78.7 Å². The molecule has 0 spiro atoms. The Balaban J connectivity index is 2.26. The second kappa shape index (κ2) is 8.26. The van der Waals surface area contributed by atoms with Crippen LogP contribution in [0.15, 0.2) is 24.3 Å². The number of hydrogen-bond donors (Lipinski definition) is 2. The van der Waals surface area contributed by atoms with E-state index in [1.807, 2.05) is 11.9 Å². The first-order valence-corrected chi connectivity index (χ1v) is 6.92. The highest BCUT2D eigenvalue weighted by Crippen LogP contribution is 2.12. The number of anilines is 2. The average molecular weight is 292 g/mol. The molecule has 0 aliphatic rings. The van der Waals surface area contributed by atoms with Crippen molar-refractivity contribution in [3.63, 3.8) is 0 Å². The number of nitrogens with zero attached hydrogens (tertiary/aromatic N) is 2. The molecular formula is C15H24N4O2. The van der Waals surface area contributed by atoms with Crippen LogP contribution in [0.4, 0.5) is 11.4 Å². The minimum Gasteiger partial charge on any atom is -0.399 e. The Morgan fingerprint density at radius 1 is 1.24 bits per heavy atom. The summed E-state index contributed by atoms with van der Waals surface area (Å²) in [5.74, 6) is 0.00893. The molecule has 0 saturated heterocycles. The van der Waals surface area contributed by atoms with Gasteiger partial charge in [0.15, 0.2) is 0 Å². The molecule has 0 saturated carbocycles. The van der Waals surface area contributed by atoms with Crippen molar-refractivity contribution in [2.45, 2.75) is 12.8 Å². The number of likely N-dealkylation sites (N-methyl/N-ethyl adjacent to an activating group) is 2. The van der Waals surface area contributed by atoms with E-state index in [-0.39, 0.29) is 11.8 Å². The highest BCUT2D eigenvalue weighted by Gasteiger charge is 2.09. The van der Waals surface area contributed by atoms with Crippen molar-refractivity contribution in [2.75, 3.05) is 45.3 Å². The minimum absolute atomic E-state index is 0.0482. The van der Waals surface area contributed by atoms with E-state index in [1.165, 1.54) is 0 Å². The monoisotopic (exact) mass is 292 g/mol. The van der Waals surface area contributed by atoms with E-state index in [0.29, 0.717) is 37.3 Å². The molecule has 0 fully saturated rings. The normalized spacial score (nSPS) is 10.5. The zero-order valence-corrected chi connectivity index (χ0v) is 12.9. The Morgan fingerprint density at radius 3 is 2.57 bits per heavy atom. The zero-order valence-electron chi connectivity index (χ0n) is 12.9. The lowest BCUT2D eigenvalue weighted by atomic mass is 10.2. The van der Waals surface area contributed by atoms with Gasteiger partial charge in [-0.2, -0.15) is 0 Å². The molecule has 0 unspecified atom stereocenters. The van der Waals surface area contributed by atoms with E-state index in [2.05, 4.69) is 5.32 Å². The summed E-state index contributed by atoms with van der Waals surface area (Å²) in [6.07, 6.45) is 1.11. The molecule has 6 heteroatoms. The quantitative estimate of drug-likeness (QED) is 0.735. The van der Waals surface area contributed by atoms with Crippen LogP contribution in [0.3, 0.4) is 0 Å². The number of benzene rings is 1. The molecule has 116 valence electrons. The van der Waals surface area contributed by atoms with Gasteiger partial charge >= 0.3 is 0 Å². The number of carbonyl (C=O) groups is 2. The average Bonchev–Trinajstić information content (AvgIpc) is 2.38. The van der Waals surface area contributed by atoms with E-state index < -0.39 is 0 Å². The highest BCUT2D eigenvalue weighted by atomic mass is 16.2. The van der Waals surface area contributed by atoms with Gasteiger partial charge in [-0.1, -0.05) is 6.07 Å². The summed E-state index contributed by atoms with van der Waals surface area (Å²) < 4.78 is 0. The second-order valence-corrected chi connectivity index (χ2v) is 5.30. The van der Waals surface area contributed by atoms with Crippen molar-refractivity contribution in [1.29, 1.82) is 0 Å². The largest absolute Gasteiger partial charge is 0.399 e. The maximum Gasteiger partial charge on any atom is 0.236 e. The lowest BCUT2D eigenvalue weighted by molar-refractivity contribution is -0.129. The number of rotatable bonds is 7. The molecule has 21 heavy (non-hydrogen) atoms. The summed E-state index contributed by atoms with van der Waals surface area (Å²) in [5.41, 5.74) is 6.98. The Kier molecular flexibility index (Phi) is 6.68. The van der Waals surface area contributed by atoms with Gasteiger partial charge in [0.25, 0.3) is 0 Å². The van der Waals surface area contributed by atoms with Crippen molar-refractivity contribution in [1.82, 2.24) is 9.80 Å². The number of hydrogen-bond acceptors (Lipinski definition) is 4. The minimum atomic E-state index is -0.0482. The molecular weight excluding hydrogens is 268 g/mol. The summed E-state index contributed by atoms with van der Waals surface area (Å²) in [6, 6.07) is 7.09. The predicted molar refractivity (Wildman–Crippen MR) is 84.9 cm³/mol. The molecule has 3 N–H and O–H groups in total. The number of amides is 2. The number of nitrogens with one attached hydrogen (secondary N) is 1. The molecule has 1 aromatic rings. The maximum absolute atomic E-state index is 11.8. The first-order valence-electron chi connectivity index (χ1n) is 6.92. The van der Waals surface area contributed by atoms with Gasteiger partial charge in [-0.3, -0.25) is 14.5 Å². The molecule has 1 aromatic carbocycles. The first-order chi connectivity index (χ1) is 9.88. The van der Waals surface area contributed by atoms with E-state index in [4.69, 9.17) is 5.73 Å². The summed E-state index contributed by atoms with van der Waals surface area (Å²) in [7, 11) is 5.33. The molecule has 0 atom stereocenters. The standard InChI is InChI=1S/C15H24N4O2/c1-18(2)15(21)11-19(3)9-5-8-14(20)17-13-7-4-6-12(16)10-13/h4,6-7,10H,5,8-9,11,16H2,1-3H3,(H,17,20). The van der Waals surface area contributed by atoms with Crippen molar-refractivity contribution in [3.05, 3.63) is 24.3 Å². The lowest BCUT2D eigenvalue weighted by Gasteiger charge is -2.18. The summed E-state index contributed by atoms with van der Waals surface area (Å²) >= 11 is 0. The van der Waals surface area contributed by atoms with Gasteiger partial charge in [0, 0.05) is 31.9 Å². The van der Waals surface area contributed by atoms with Gasteiger partial charge < -0.3 is 16.0 Å². The fourth-order valence-corrected chi connectivity index (χ4v) is 1.80. The predicted octanol–water partition coefficient (Wildman–Crippen LogP) is 1.01. The van der Waals surface area contributed by atoms with Crippen LogP contribution in [0.2, 0.25) is 0 Å². The number of nitrogen functional groups attached to an aromatic ring is 1. The lowest BCUT2D eigenvalue weighted by Crippen LogP contribution is -2.35. The fraction of sp³-hybridized carbons (Fsp3) is 0.467. The van der Waals surface area contributed by atoms with Gasteiger partial charge in [-0.15, -0.1) is 0 Å². The van der Waals surface area contributed by atoms with Crippen LogP contribution in [0.25, 0.3) is 0 Å². The second-order valence-electron chi connectivity index (χ2n) is 5.30. The summed E-state index contributed by atoms with van der Waals surface area (Å²) in [6.45, 7) is 1.06. The molecule has 0 aliphatic heterocycles. The smallest absolute Gasteiger partial charge is 0.236 e. The Bertz CT molecular complexity index is 488. The van der Waals surface area contributed by atoms with Crippen molar-refractivity contribution < 1.29 is 9.59 Å². The van der Waals surface area contributed by atoms with E-state index in [9.17, 15) is 9.59 Å². The van der Waals surface area contributed by atoms with Crippen LogP contribution in [0.5, 0.6) is 0 Å². The highest BCUT2D eigenvalue weighted by molar-refractivity contribution is 5.91. The third kappa shape index (κ3) is 6.76. The maximum atomic E-state index is 11.8. The number of nitrogens with two attached hydrogens (primary N) is 1. The van der Waals surface area contributed by atoms with E-state index in [1.54, 1.807) is 43.3 Å². The molecule has 0 aromatic heterocycles. The van der Waals surface area contributed by atoms with Crippen LogP contribution in [-0.2, 0) is 9.59 Å². The van der Waals surface area contributed by atoms with Crippen LogP contribution < -0.4 is 11.1 Å². The van der Waals surface area contributed by atoms with E-state index >= 15 is 0 Å². The van der Waals surface area contributed by atoms with Crippen LogP contribution in [-0.4, -0.2) is 55.8 Å². The molecule has 6 nitrogen and oxygen atoms in total. The van der Waals surface area contributed by atoms with Gasteiger partial charge in [-0.05, 0) is 38.2 Å². The van der Waals surface area contributed by atoms with Crippen molar-refractivity contribution in [2.24, 2.45) is 0 Å². The molecule has 0 aliphatic carbocycles.